The second kappa shape index (κ2) is 8.05. The van der Waals surface area contributed by atoms with Crippen LogP contribution in [0.3, 0.4) is 0 Å². The Hall–Kier alpha value is -1.29. The van der Waals surface area contributed by atoms with Gasteiger partial charge in [0.2, 0.25) is 0 Å². The van der Waals surface area contributed by atoms with Crippen molar-refractivity contribution >= 4 is 17.9 Å². The maximum Gasteiger partial charge on any atom is 0.269 e. The smallest absolute Gasteiger partial charge is 0.269 e. The highest BCUT2D eigenvalue weighted by Crippen LogP contribution is 1.85. The molecule has 0 aromatic heterocycles. The number of hydrogen-bond donors (Lipinski definition) is 0. The molecule has 0 aromatic rings. The first kappa shape index (κ1) is 13.7. The Morgan fingerprint density at radius 2 is 1.60 bits per heavy atom. The number of carbonyl (C=O) groups is 2. The lowest BCUT2D eigenvalue weighted by Gasteiger charge is -2.13. The molecule has 1 amide bonds. The van der Waals surface area contributed by atoms with Crippen LogP contribution >= 0.6 is 0 Å². The van der Waals surface area contributed by atoms with E-state index in [4.69, 9.17) is 0 Å². The van der Waals surface area contributed by atoms with Gasteiger partial charge in [0.25, 0.3) is 5.91 Å². The zero-order valence-corrected chi connectivity index (χ0v) is 9.56. The summed E-state index contributed by atoms with van der Waals surface area (Å²) < 4.78 is 0. The number of aliphatic imine (C=N–C) groups is 1. The number of allylic oxidation sites excluding steroid dienone is 1. The van der Waals surface area contributed by atoms with E-state index in [1.54, 1.807) is 0 Å². The molecule has 0 N–H and O–H groups in total. The number of hydrogen-bond acceptors (Lipinski definition) is 3. The molecule has 4 nitrogen and oxygen atoms in total. The van der Waals surface area contributed by atoms with Gasteiger partial charge in [-0.1, -0.05) is 20.8 Å². The van der Waals surface area contributed by atoms with Gasteiger partial charge in [-0.15, -0.1) is 0 Å². The molecule has 1 rings (SSSR count). The van der Waals surface area contributed by atoms with Gasteiger partial charge in [0.15, 0.2) is 5.78 Å². The zero-order chi connectivity index (χ0) is 11.7. The van der Waals surface area contributed by atoms with E-state index in [-0.39, 0.29) is 11.7 Å². The average molecular weight is 210 g/mol. The van der Waals surface area contributed by atoms with Crippen molar-refractivity contribution in [1.82, 2.24) is 4.90 Å². The summed E-state index contributed by atoms with van der Waals surface area (Å²) in [5.74, 6) is -0.603. The van der Waals surface area contributed by atoms with Gasteiger partial charge in [-0.05, 0) is 25.7 Å². The lowest BCUT2D eigenvalue weighted by molar-refractivity contribution is -0.115. The topological polar surface area (TPSA) is 49.7 Å². The molecule has 0 spiro atoms. The number of nitrogens with zero attached hydrogens (tertiary/aromatic N) is 2. The highest BCUT2D eigenvalue weighted by Gasteiger charge is 1.99. The minimum absolute atomic E-state index is 0.232. The van der Waals surface area contributed by atoms with Crippen LogP contribution in [0.5, 0.6) is 0 Å². The number of amides is 1. The third kappa shape index (κ3) is 6.74. The number of dihydropyridines is 1. The molecule has 0 fully saturated rings. The van der Waals surface area contributed by atoms with Crippen molar-refractivity contribution in [3.05, 3.63) is 12.2 Å². The van der Waals surface area contributed by atoms with E-state index in [9.17, 15) is 9.59 Å². The van der Waals surface area contributed by atoms with E-state index in [0.717, 1.165) is 12.3 Å². The first-order valence-corrected chi connectivity index (χ1v) is 5.16. The van der Waals surface area contributed by atoms with Crippen LogP contribution in [0, 0.1) is 0 Å². The van der Waals surface area contributed by atoms with Crippen LogP contribution in [-0.2, 0) is 9.59 Å². The van der Waals surface area contributed by atoms with Crippen molar-refractivity contribution in [2.45, 2.75) is 20.8 Å². The molecule has 84 valence electrons. The summed E-state index contributed by atoms with van der Waals surface area (Å²) in [7, 11) is 0. The lowest BCUT2D eigenvalue weighted by atomic mass is 10.3. The minimum atomic E-state index is -0.371. The first-order chi connectivity index (χ1) is 7.13. The Bertz CT molecular complexity index is 222. The van der Waals surface area contributed by atoms with Crippen LogP contribution < -0.4 is 0 Å². The standard InChI is InChI=1S/C6H15N.C5H3NO2/c1-4-7(5-2)6-3;7-4-1-2-5(8)6-3-4/h4-6H2,1-3H3;1-3H. The van der Waals surface area contributed by atoms with Crippen LogP contribution in [0.4, 0.5) is 0 Å². The van der Waals surface area contributed by atoms with E-state index >= 15 is 0 Å². The summed E-state index contributed by atoms with van der Waals surface area (Å²) in [4.78, 5) is 26.0. The summed E-state index contributed by atoms with van der Waals surface area (Å²) in [5.41, 5.74) is 0. The maximum absolute atomic E-state index is 10.2. The van der Waals surface area contributed by atoms with E-state index < -0.39 is 0 Å². The normalized spacial score (nSPS) is 14.1. The van der Waals surface area contributed by atoms with Gasteiger partial charge in [-0.3, -0.25) is 9.59 Å². The molecule has 1 aliphatic heterocycles. The van der Waals surface area contributed by atoms with E-state index in [0.29, 0.717) is 0 Å². The van der Waals surface area contributed by atoms with Crippen molar-refractivity contribution < 1.29 is 9.59 Å². The molecule has 0 radical (unpaired) electrons. The second-order valence-electron chi connectivity index (χ2n) is 2.95. The quantitative estimate of drug-likeness (QED) is 0.700. The van der Waals surface area contributed by atoms with E-state index in [1.165, 1.54) is 25.7 Å². The van der Waals surface area contributed by atoms with Crippen molar-refractivity contribution in [1.29, 1.82) is 0 Å². The zero-order valence-electron chi connectivity index (χ0n) is 9.56. The summed E-state index contributed by atoms with van der Waals surface area (Å²) in [5, 5.41) is 0. The predicted octanol–water partition coefficient (Wildman–Crippen LogP) is 1.07. The van der Waals surface area contributed by atoms with E-state index in [1.807, 2.05) is 0 Å². The third-order valence-corrected chi connectivity index (χ3v) is 2.05. The summed E-state index contributed by atoms with van der Waals surface area (Å²) in [6.07, 6.45) is 3.33. The fourth-order valence-corrected chi connectivity index (χ4v) is 1.04. The molecule has 0 bridgehead atoms. The molecule has 15 heavy (non-hydrogen) atoms. The molecule has 0 aromatic carbocycles. The predicted molar refractivity (Wildman–Crippen MR) is 61.1 cm³/mol. The Morgan fingerprint density at radius 3 is 1.80 bits per heavy atom. The number of rotatable bonds is 3. The first-order valence-electron chi connectivity index (χ1n) is 5.16. The van der Waals surface area contributed by atoms with Gasteiger partial charge in [0, 0.05) is 6.08 Å². The van der Waals surface area contributed by atoms with Crippen molar-refractivity contribution in [3.63, 3.8) is 0 Å². The van der Waals surface area contributed by atoms with Gasteiger partial charge in [0.1, 0.15) is 0 Å². The maximum atomic E-state index is 10.2. The SMILES string of the molecule is CCN(CC)CC.O=C1C=CC(=O)N=C1. The molecule has 0 atom stereocenters. The van der Waals surface area contributed by atoms with Gasteiger partial charge < -0.3 is 4.90 Å². The molecule has 0 unspecified atom stereocenters. The molecular weight excluding hydrogens is 192 g/mol. The van der Waals surface area contributed by atoms with Crippen LogP contribution in [0.1, 0.15) is 20.8 Å². The van der Waals surface area contributed by atoms with Gasteiger partial charge in [0.05, 0.1) is 6.21 Å². The van der Waals surface area contributed by atoms with Crippen LogP contribution in [0.15, 0.2) is 17.1 Å². The largest absolute Gasteiger partial charge is 0.304 e. The fourth-order valence-electron chi connectivity index (χ4n) is 1.04. The highest BCUT2D eigenvalue weighted by atomic mass is 16.2. The van der Waals surface area contributed by atoms with Crippen molar-refractivity contribution in [3.8, 4) is 0 Å². The third-order valence-electron chi connectivity index (χ3n) is 2.05. The molecule has 0 aliphatic carbocycles. The molecule has 0 saturated heterocycles. The Labute approximate surface area is 90.7 Å². The molecule has 0 saturated carbocycles. The van der Waals surface area contributed by atoms with Gasteiger partial charge in [-0.25, -0.2) is 4.99 Å². The van der Waals surface area contributed by atoms with Crippen LogP contribution in [0.2, 0.25) is 0 Å². The Balaban J connectivity index is 0.000000265. The second-order valence-corrected chi connectivity index (χ2v) is 2.95. The lowest BCUT2D eigenvalue weighted by Crippen LogP contribution is -2.21. The molecule has 4 heteroatoms. The number of carbonyl (C=O) groups excluding carboxylic acids is 2. The van der Waals surface area contributed by atoms with Crippen molar-refractivity contribution in [2.75, 3.05) is 19.6 Å². The van der Waals surface area contributed by atoms with Gasteiger partial charge >= 0.3 is 0 Å². The Kier molecular flexibility index (Phi) is 7.36. The average Bonchev–Trinajstić information content (AvgIpc) is 2.26. The van der Waals surface area contributed by atoms with Gasteiger partial charge in [-0.2, -0.15) is 0 Å². The summed E-state index contributed by atoms with van der Waals surface area (Å²) in [6.45, 7) is 10.1. The van der Waals surface area contributed by atoms with Crippen LogP contribution in [-0.4, -0.2) is 42.4 Å². The minimum Gasteiger partial charge on any atom is -0.304 e. The summed E-state index contributed by atoms with van der Waals surface area (Å²) >= 11 is 0. The molecule has 1 aliphatic rings. The molecule has 1 heterocycles. The van der Waals surface area contributed by atoms with Crippen LogP contribution in [0.25, 0.3) is 0 Å². The highest BCUT2D eigenvalue weighted by molar-refractivity contribution is 6.37. The Morgan fingerprint density at radius 1 is 1.07 bits per heavy atom. The van der Waals surface area contributed by atoms with E-state index in [2.05, 4.69) is 30.7 Å². The fraction of sp³-hybridized carbons (Fsp3) is 0.545. The summed E-state index contributed by atoms with van der Waals surface area (Å²) in [6, 6.07) is 0. The van der Waals surface area contributed by atoms with Crippen molar-refractivity contribution in [2.24, 2.45) is 4.99 Å². The number of ketones is 1. The monoisotopic (exact) mass is 210 g/mol. The molecular formula is C11H18N2O2.